The lowest BCUT2D eigenvalue weighted by Gasteiger charge is -2.19. The molecule has 7 nitrogen and oxygen atoms in total. The molecule has 9 heteroatoms. The van der Waals surface area contributed by atoms with E-state index in [-0.39, 0.29) is 10.8 Å². The molecule has 3 rings (SSSR count). The summed E-state index contributed by atoms with van der Waals surface area (Å²) < 4.78 is 41.5. The molecule has 168 valence electrons. The Morgan fingerprint density at radius 2 is 1.53 bits per heavy atom. The Kier molecular flexibility index (Phi) is 6.50. The second kappa shape index (κ2) is 8.96. The number of hydrogen-bond donors (Lipinski definition) is 3. The van der Waals surface area contributed by atoms with Gasteiger partial charge in [0.25, 0.3) is 10.0 Å². The molecular weight excluding hydrogens is 433 g/mol. The lowest BCUT2D eigenvalue weighted by molar-refractivity contribution is -0.124. The Morgan fingerprint density at radius 3 is 2.16 bits per heavy atom. The quantitative estimate of drug-likeness (QED) is 0.485. The first-order valence-corrected chi connectivity index (χ1v) is 11.3. The van der Waals surface area contributed by atoms with Crippen LogP contribution in [0.15, 0.2) is 65.6 Å². The molecular formula is C23H24FN3O4S. The van der Waals surface area contributed by atoms with Crippen molar-refractivity contribution in [1.82, 2.24) is 0 Å². The van der Waals surface area contributed by atoms with Gasteiger partial charge in [0.15, 0.2) is 0 Å². The van der Waals surface area contributed by atoms with Crippen LogP contribution in [0.2, 0.25) is 0 Å². The minimum atomic E-state index is -3.91. The molecule has 32 heavy (non-hydrogen) atoms. The number of carbonyl (C=O) groups excluding carboxylic acids is 2. The van der Waals surface area contributed by atoms with Crippen LogP contribution < -0.4 is 15.4 Å². The average molecular weight is 458 g/mol. The van der Waals surface area contributed by atoms with Crippen LogP contribution in [-0.2, 0) is 19.6 Å². The van der Waals surface area contributed by atoms with Crippen LogP contribution in [0.25, 0.3) is 10.8 Å². The predicted molar refractivity (Wildman–Crippen MR) is 124 cm³/mol. The van der Waals surface area contributed by atoms with Crippen molar-refractivity contribution in [3.63, 3.8) is 0 Å². The molecule has 0 heterocycles. The summed E-state index contributed by atoms with van der Waals surface area (Å²) in [4.78, 5) is 23.4. The van der Waals surface area contributed by atoms with Gasteiger partial charge < -0.3 is 10.6 Å². The Labute approximate surface area is 186 Å². The molecule has 3 N–H and O–H groups in total. The van der Waals surface area contributed by atoms with Gasteiger partial charge in [-0.1, -0.05) is 18.2 Å². The molecule has 0 aliphatic rings. The monoisotopic (exact) mass is 457 g/mol. The van der Waals surface area contributed by atoms with Gasteiger partial charge in [-0.25, -0.2) is 12.8 Å². The molecule has 0 aliphatic heterocycles. The van der Waals surface area contributed by atoms with Crippen LogP contribution in [0.4, 0.5) is 21.5 Å². The van der Waals surface area contributed by atoms with Crippen molar-refractivity contribution in [2.24, 2.45) is 5.41 Å². The molecule has 0 fully saturated rings. The molecule has 0 spiro atoms. The summed E-state index contributed by atoms with van der Waals surface area (Å²) in [5, 5.41) is 6.45. The van der Waals surface area contributed by atoms with Crippen LogP contribution in [0, 0.1) is 5.41 Å². The van der Waals surface area contributed by atoms with E-state index in [1.54, 1.807) is 30.3 Å². The number of amides is 2. The highest BCUT2D eigenvalue weighted by molar-refractivity contribution is 7.93. The van der Waals surface area contributed by atoms with Gasteiger partial charge in [0, 0.05) is 29.4 Å². The van der Waals surface area contributed by atoms with E-state index in [1.807, 2.05) is 0 Å². The number of alkyl halides is 1. The van der Waals surface area contributed by atoms with Gasteiger partial charge in [0.1, 0.15) is 6.67 Å². The highest BCUT2D eigenvalue weighted by atomic mass is 32.2. The zero-order chi connectivity index (χ0) is 23.5. The third-order valence-electron chi connectivity index (χ3n) is 4.79. The summed E-state index contributed by atoms with van der Waals surface area (Å²) in [6.45, 7) is 3.59. The van der Waals surface area contributed by atoms with Gasteiger partial charge in [-0.15, -0.1) is 0 Å². The summed E-state index contributed by atoms with van der Waals surface area (Å²) in [7, 11) is -3.91. The number of sulfonamides is 1. The number of halogens is 1. The highest BCUT2D eigenvalue weighted by Gasteiger charge is 2.27. The van der Waals surface area contributed by atoms with Gasteiger partial charge >= 0.3 is 0 Å². The van der Waals surface area contributed by atoms with Crippen LogP contribution >= 0.6 is 0 Å². The maximum atomic E-state index is 13.0. The first-order chi connectivity index (χ1) is 15.0. The van der Waals surface area contributed by atoms with Gasteiger partial charge in [-0.2, -0.15) is 0 Å². The van der Waals surface area contributed by atoms with Crippen molar-refractivity contribution < 1.29 is 22.4 Å². The molecule has 0 unspecified atom stereocenters. The van der Waals surface area contributed by atoms with Gasteiger partial charge in [0.05, 0.1) is 10.3 Å². The van der Waals surface area contributed by atoms with Crippen molar-refractivity contribution in [3.05, 3.63) is 60.7 Å². The Balaban J connectivity index is 1.82. The minimum absolute atomic E-state index is 0.0893. The number of fused-ring (bicyclic) bond motifs is 1. The first-order valence-electron chi connectivity index (χ1n) is 9.82. The highest BCUT2D eigenvalue weighted by Crippen LogP contribution is 2.28. The van der Waals surface area contributed by atoms with E-state index in [0.29, 0.717) is 27.8 Å². The van der Waals surface area contributed by atoms with Crippen molar-refractivity contribution in [3.8, 4) is 0 Å². The van der Waals surface area contributed by atoms with Gasteiger partial charge in [-0.3, -0.25) is 14.3 Å². The lowest BCUT2D eigenvalue weighted by atomic mass is 9.94. The van der Waals surface area contributed by atoms with Crippen molar-refractivity contribution in [1.29, 1.82) is 0 Å². The third kappa shape index (κ3) is 5.23. The van der Waals surface area contributed by atoms with E-state index in [1.165, 1.54) is 51.1 Å². The zero-order valence-corrected chi connectivity index (χ0v) is 18.7. The second-order valence-electron chi connectivity index (χ2n) is 8.03. The van der Waals surface area contributed by atoms with Crippen molar-refractivity contribution in [2.75, 3.05) is 22.0 Å². The summed E-state index contributed by atoms with van der Waals surface area (Å²) in [6.07, 6.45) is 0. The van der Waals surface area contributed by atoms with E-state index in [4.69, 9.17) is 0 Å². The Bertz CT molecular complexity index is 1270. The fourth-order valence-corrected chi connectivity index (χ4v) is 4.25. The Hall–Kier alpha value is -3.46. The summed E-state index contributed by atoms with van der Waals surface area (Å²) >= 11 is 0. The van der Waals surface area contributed by atoms with E-state index in [9.17, 15) is 22.4 Å². The number of rotatable bonds is 7. The Morgan fingerprint density at radius 1 is 0.906 bits per heavy atom. The molecule has 0 saturated carbocycles. The zero-order valence-electron chi connectivity index (χ0n) is 17.9. The van der Waals surface area contributed by atoms with E-state index < -0.39 is 28.0 Å². The van der Waals surface area contributed by atoms with Crippen LogP contribution in [-0.4, -0.2) is 26.9 Å². The van der Waals surface area contributed by atoms with Gasteiger partial charge in [-0.05, 0) is 61.7 Å². The number of carbonyl (C=O) groups is 2. The van der Waals surface area contributed by atoms with E-state index in [2.05, 4.69) is 15.4 Å². The predicted octanol–water partition coefficient (Wildman–Crippen LogP) is 4.53. The molecule has 0 aliphatic carbocycles. The van der Waals surface area contributed by atoms with Crippen LogP contribution in [0.1, 0.15) is 20.8 Å². The maximum absolute atomic E-state index is 13.0. The molecule has 0 aromatic heterocycles. The van der Waals surface area contributed by atoms with Crippen molar-refractivity contribution >= 4 is 49.7 Å². The average Bonchev–Trinajstić information content (AvgIpc) is 2.73. The molecule has 3 aromatic rings. The second-order valence-corrected chi connectivity index (χ2v) is 9.68. The van der Waals surface area contributed by atoms with E-state index >= 15 is 0 Å². The molecule has 0 bridgehead atoms. The molecule has 2 amide bonds. The first kappa shape index (κ1) is 23.2. The normalized spacial score (nSPS) is 11.8. The molecule has 0 radical (unpaired) electrons. The van der Waals surface area contributed by atoms with Crippen LogP contribution in [0.5, 0.6) is 0 Å². The topological polar surface area (TPSA) is 104 Å². The number of benzene rings is 3. The van der Waals surface area contributed by atoms with E-state index in [0.717, 1.165) is 0 Å². The van der Waals surface area contributed by atoms with Crippen LogP contribution in [0.3, 0.4) is 0 Å². The molecule has 0 saturated heterocycles. The number of hydrogen-bond acceptors (Lipinski definition) is 4. The minimum Gasteiger partial charge on any atom is -0.326 e. The molecule has 0 atom stereocenters. The number of anilines is 3. The lowest BCUT2D eigenvalue weighted by Crippen LogP contribution is -2.32. The maximum Gasteiger partial charge on any atom is 0.262 e. The van der Waals surface area contributed by atoms with Gasteiger partial charge in [0.2, 0.25) is 11.8 Å². The fourth-order valence-electron chi connectivity index (χ4n) is 2.96. The standard InChI is InChI=1S/C23H24FN3O4S/c1-15(28)25-19-11-12-20-16(13-19)5-4-6-21(20)32(30,31)27-18-9-7-17(8-10-18)26-22(29)23(2,3)14-24/h4-13,27H,14H2,1-3H3,(H,25,28)(H,26,29). The third-order valence-corrected chi connectivity index (χ3v) is 6.23. The smallest absolute Gasteiger partial charge is 0.262 e. The van der Waals surface area contributed by atoms with Crippen molar-refractivity contribution in [2.45, 2.75) is 25.7 Å². The number of nitrogens with one attached hydrogen (secondary N) is 3. The molecule has 3 aromatic carbocycles. The SMILES string of the molecule is CC(=O)Nc1ccc2c(S(=O)(=O)Nc3ccc(NC(=O)C(C)(C)CF)cc3)cccc2c1. The fraction of sp³-hybridized carbons (Fsp3) is 0.217. The summed E-state index contributed by atoms with van der Waals surface area (Å²) in [5.74, 6) is -0.689. The largest absolute Gasteiger partial charge is 0.326 e. The summed E-state index contributed by atoms with van der Waals surface area (Å²) in [5.41, 5.74) is 0.143. The summed E-state index contributed by atoms with van der Waals surface area (Å²) in [6, 6.07) is 15.9.